The largest absolute Gasteiger partial charge is 0.478 e. The lowest BCUT2D eigenvalue weighted by Gasteiger charge is -2.05. The van der Waals surface area contributed by atoms with E-state index >= 15 is 0 Å². The lowest BCUT2D eigenvalue weighted by atomic mass is 10.0. The maximum absolute atomic E-state index is 11.7. The third-order valence-corrected chi connectivity index (χ3v) is 6.40. The van der Waals surface area contributed by atoms with E-state index in [4.69, 9.17) is 5.11 Å². The number of hydrogen-bond acceptors (Lipinski definition) is 6. The van der Waals surface area contributed by atoms with Crippen molar-refractivity contribution < 1.29 is 23.1 Å². The van der Waals surface area contributed by atoms with E-state index < -0.39 is 15.8 Å². The maximum Gasteiger partial charge on any atom is 0.328 e. The average molecular weight is 457 g/mol. The lowest BCUT2D eigenvalue weighted by molar-refractivity contribution is -0.131. The van der Waals surface area contributed by atoms with Gasteiger partial charge in [-0.2, -0.15) is 0 Å². The summed E-state index contributed by atoms with van der Waals surface area (Å²) in [4.78, 5) is 27.9. The van der Waals surface area contributed by atoms with Crippen LogP contribution in [0.1, 0.15) is 22.9 Å². The van der Waals surface area contributed by atoms with Crippen LogP contribution < -0.4 is 5.32 Å². The summed E-state index contributed by atoms with van der Waals surface area (Å²) in [6.07, 6.45) is 4.24. The van der Waals surface area contributed by atoms with Crippen molar-refractivity contribution in [2.24, 2.45) is 0 Å². The van der Waals surface area contributed by atoms with E-state index in [1.54, 1.807) is 36.4 Å². The molecule has 0 saturated heterocycles. The van der Waals surface area contributed by atoms with Crippen molar-refractivity contribution in [3.05, 3.63) is 70.6 Å². The molecular weight excluding hydrogens is 436 g/mol. The van der Waals surface area contributed by atoms with Crippen molar-refractivity contribution in [3.8, 4) is 11.3 Å². The molecule has 1 aromatic heterocycles. The Balaban J connectivity index is 1.93. The van der Waals surface area contributed by atoms with Crippen LogP contribution in [0.15, 0.2) is 59.5 Å². The number of carbonyl (C=O) groups is 2. The standard InChI is InChI=1S/C22H20N2O5S2/c1-14(25)23-22-24-21(17-8-3-15(4-9-17)7-12-20(26)27)19(30-22)13-16-5-10-18(11-6-16)31(2,28)29/h3-12H,13H2,1-2H3,(H,26,27)(H,23,24,25)/b12-7+. The molecule has 0 spiro atoms. The third-order valence-electron chi connectivity index (χ3n) is 4.30. The number of thiazole rings is 1. The molecule has 3 rings (SSSR count). The Morgan fingerprint density at radius 1 is 1.10 bits per heavy atom. The van der Waals surface area contributed by atoms with Gasteiger partial charge in [-0.15, -0.1) is 11.3 Å². The van der Waals surface area contributed by atoms with Crippen LogP contribution >= 0.6 is 11.3 Å². The summed E-state index contributed by atoms with van der Waals surface area (Å²) in [7, 11) is -3.27. The number of rotatable bonds is 7. The Morgan fingerprint density at radius 3 is 2.29 bits per heavy atom. The van der Waals surface area contributed by atoms with Gasteiger partial charge in [-0.3, -0.25) is 4.79 Å². The molecule has 0 saturated carbocycles. The van der Waals surface area contributed by atoms with Crippen LogP contribution in [0.3, 0.4) is 0 Å². The molecule has 1 heterocycles. The van der Waals surface area contributed by atoms with Crippen LogP contribution in [0, 0.1) is 0 Å². The molecule has 2 aromatic carbocycles. The summed E-state index contributed by atoms with van der Waals surface area (Å²) in [6, 6.07) is 13.9. The van der Waals surface area contributed by atoms with E-state index in [2.05, 4.69) is 10.3 Å². The molecule has 0 radical (unpaired) electrons. The minimum absolute atomic E-state index is 0.224. The maximum atomic E-state index is 11.7. The molecule has 160 valence electrons. The van der Waals surface area contributed by atoms with Crippen molar-refractivity contribution in [1.82, 2.24) is 4.98 Å². The summed E-state index contributed by atoms with van der Waals surface area (Å²) in [6.45, 7) is 1.41. The Labute approximate surface area is 184 Å². The first-order valence-electron chi connectivity index (χ1n) is 9.19. The van der Waals surface area contributed by atoms with E-state index in [0.29, 0.717) is 17.2 Å². The zero-order valence-corrected chi connectivity index (χ0v) is 18.5. The van der Waals surface area contributed by atoms with Crippen molar-refractivity contribution in [3.63, 3.8) is 0 Å². The topological polar surface area (TPSA) is 113 Å². The first-order valence-corrected chi connectivity index (χ1v) is 11.9. The van der Waals surface area contributed by atoms with Crippen molar-refractivity contribution in [2.45, 2.75) is 18.2 Å². The number of hydrogen-bond donors (Lipinski definition) is 2. The van der Waals surface area contributed by atoms with E-state index in [1.807, 2.05) is 12.1 Å². The van der Waals surface area contributed by atoms with E-state index in [-0.39, 0.29) is 10.8 Å². The first kappa shape index (κ1) is 22.4. The van der Waals surface area contributed by atoms with Gasteiger partial charge in [0.1, 0.15) is 0 Å². The van der Waals surface area contributed by atoms with Gasteiger partial charge in [-0.05, 0) is 29.3 Å². The van der Waals surface area contributed by atoms with Crippen LogP contribution in [-0.4, -0.2) is 36.6 Å². The molecule has 1 amide bonds. The molecule has 0 aliphatic heterocycles. The fourth-order valence-corrected chi connectivity index (χ4v) is 4.56. The van der Waals surface area contributed by atoms with Crippen LogP contribution in [0.5, 0.6) is 0 Å². The quantitative estimate of drug-likeness (QED) is 0.522. The number of benzene rings is 2. The number of nitrogens with zero attached hydrogens (tertiary/aromatic N) is 1. The molecule has 31 heavy (non-hydrogen) atoms. The summed E-state index contributed by atoms with van der Waals surface area (Å²) < 4.78 is 23.3. The molecule has 0 unspecified atom stereocenters. The minimum Gasteiger partial charge on any atom is -0.478 e. The van der Waals surface area contributed by atoms with Crippen LogP contribution in [0.25, 0.3) is 17.3 Å². The summed E-state index contributed by atoms with van der Waals surface area (Å²) >= 11 is 1.35. The number of carboxylic acid groups (broad SMARTS) is 1. The molecular formula is C22H20N2O5S2. The van der Waals surface area contributed by atoms with Crippen LogP contribution in [0.4, 0.5) is 5.13 Å². The van der Waals surface area contributed by atoms with Gasteiger partial charge >= 0.3 is 5.97 Å². The Hall–Kier alpha value is -3.30. The molecule has 0 fully saturated rings. The van der Waals surface area contributed by atoms with Gasteiger partial charge in [0.15, 0.2) is 15.0 Å². The normalized spacial score (nSPS) is 11.5. The lowest BCUT2D eigenvalue weighted by Crippen LogP contribution is -2.04. The molecule has 0 atom stereocenters. The van der Waals surface area contributed by atoms with Gasteiger partial charge in [-0.1, -0.05) is 36.4 Å². The number of carboxylic acids is 1. The zero-order valence-electron chi connectivity index (χ0n) is 16.8. The Bertz CT molecular complexity index is 1240. The fraction of sp³-hybridized carbons (Fsp3) is 0.136. The highest BCUT2D eigenvalue weighted by Crippen LogP contribution is 2.33. The first-order chi connectivity index (χ1) is 14.6. The van der Waals surface area contributed by atoms with Gasteiger partial charge < -0.3 is 10.4 Å². The number of aliphatic carboxylic acids is 1. The van der Waals surface area contributed by atoms with Gasteiger partial charge in [0.2, 0.25) is 5.91 Å². The molecule has 9 heteroatoms. The molecule has 0 aliphatic rings. The second-order valence-corrected chi connectivity index (χ2v) is 9.96. The fourth-order valence-electron chi connectivity index (χ4n) is 2.86. The Kier molecular flexibility index (Phi) is 6.67. The number of amides is 1. The van der Waals surface area contributed by atoms with Crippen LogP contribution in [0.2, 0.25) is 0 Å². The van der Waals surface area contributed by atoms with Crippen molar-refractivity contribution >= 4 is 44.3 Å². The van der Waals surface area contributed by atoms with E-state index in [9.17, 15) is 18.0 Å². The second-order valence-electron chi connectivity index (χ2n) is 6.86. The highest BCUT2D eigenvalue weighted by molar-refractivity contribution is 7.90. The predicted molar refractivity (Wildman–Crippen MR) is 121 cm³/mol. The molecule has 7 nitrogen and oxygen atoms in total. The number of carbonyl (C=O) groups excluding carboxylic acids is 1. The molecule has 0 bridgehead atoms. The third kappa shape index (κ3) is 6.09. The number of aromatic nitrogens is 1. The van der Waals surface area contributed by atoms with Gasteiger partial charge in [0.05, 0.1) is 10.6 Å². The highest BCUT2D eigenvalue weighted by Gasteiger charge is 2.15. The van der Waals surface area contributed by atoms with E-state index in [0.717, 1.165) is 33.9 Å². The number of nitrogens with one attached hydrogen (secondary N) is 1. The van der Waals surface area contributed by atoms with Crippen LogP contribution in [-0.2, 0) is 25.8 Å². The van der Waals surface area contributed by atoms with Crippen molar-refractivity contribution in [2.75, 3.05) is 11.6 Å². The summed E-state index contributed by atoms with van der Waals surface area (Å²) in [5, 5.41) is 11.9. The van der Waals surface area contributed by atoms with Gasteiger partial charge in [0.25, 0.3) is 0 Å². The number of sulfone groups is 1. The number of anilines is 1. The predicted octanol–water partition coefficient (Wildman–Crippen LogP) is 3.86. The van der Waals surface area contributed by atoms with Gasteiger partial charge in [0, 0.05) is 36.1 Å². The van der Waals surface area contributed by atoms with Crippen molar-refractivity contribution in [1.29, 1.82) is 0 Å². The molecule has 2 N–H and O–H groups in total. The average Bonchev–Trinajstić information content (AvgIpc) is 3.07. The minimum atomic E-state index is -3.27. The summed E-state index contributed by atoms with van der Waals surface area (Å²) in [5.41, 5.74) is 3.17. The SMILES string of the molecule is CC(=O)Nc1nc(-c2ccc(/C=C/C(=O)O)cc2)c(Cc2ccc(S(C)(=O)=O)cc2)s1. The molecule has 0 aliphatic carbocycles. The summed E-state index contributed by atoms with van der Waals surface area (Å²) in [5.74, 6) is -1.24. The van der Waals surface area contributed by atoms with Gasteiger partial charge in [-0.25, -0.2) is 18.2 Å². The monoisotopic (exact) mass is 456 g/mol. The molecule has 3 aromatic rings. The second kappa shape index (κ2) is 9.23. The smallest absolute Gasteiger partial charge is 0.328 e. The zero-order chi connectivity index (χ0) is 22.6. The Morgan fingerprint density at radius 2 is 1.74 bits per heavy atom. The highest BCUT2D eigenvalue weighted by atomic mass is 32.2. The van der Waals surface area contributed by atoms with E-state index in [1.165, 1.54) is 24.3 Å².